The van der Waals surface area contributed by atoms with Crippen LogP contribution in [0, 0.1) is 0 Å². The molecule has 0 aliphatic carbocycles. The quantitative estimate of drug-likeness (QED) is 0.365. The van der Waals surface area contributed by atoms with Crippen LogP contribution in [0.2, 0.25) is 0 Å². The molecule has 4 nitrogen and oxygen atoms in total. The Morgan fingerprint density at radius 3 is 2.73 bits per heavy atom. The topological polar surface area (TPSA) is 48.7 Å². The van der Waals surface area contributed by atoms with Gasteiger partial charge in [-0.15, -0.1) is 0 Å². The monoisotopic (exact) mass is 290 g/mol. The first-order chi connectivity index (χ1) is 10.8. The molecule has 0 saturated carbocycles. The second-order valence-corrected chi connectivity index (χ2v) is 5.27. The molecule has 22 heavy (non-hydrogen) atoms. The highest BCUT2D eigenvalue weighted by molar-refractivity contribution is 6.08. The van der Waals surface area contributed by atoms with Gasteiger partial charge in [0, 0.05) is 0 Å². The van der Waals surface area contributed by atoms with Crippen LogP contribution in [0.5, 0.6) is 11.5 Å². The van der Waals surface area contributed by atoms with Crippen molar-refractivity contribution in [3.8, 4) is 11.5 Å². The lowest BCUT2D eigenvalue weighted by Gasteiger charge is -2.06. The summed E-state index contributed by atoms with van der Waals surface area (Å²) in [5.74, 6) is 1.11. The van der Waals surface area contributed by atoms with Crippen LogP contribution in [-0.2, 0) is 0 Å². The second kappa shape index (κ2) is 4.01. The summed E-state index contributed by atoms with van der Waals surface area (Å²) in [6, 6.07) is 15.1. The molecule has 0 N–H and O–H groups in total. The van der Waals surface area contributed by atoms with Gasteiger partial charge in [0.25, 0.3) is 0 Å². The summed E-state index contributed by atoms with van der Waals surface area (Å²) in [5.41, 5.74) is 0.953. The molecule has 5 rings (SSSR count). The van der Waals surface area contributed by atoms with Gasteiger partial charge >= 0.3 is 0 Å². The van der Waals surface area contributed by atoms with Crippen molar-refractivity contribution in [2.24, 2.45) is 0 Å². The van der Waals surface area contributed by atoms with Crippen molar-refractivity contribution in [2.75, 3.05) is 6.79 Å². The van der Waals surface area contributed by atoms with Gasteiger partial charge in [-0.05, 0) is 29.0 Å². The fourth-order valence-corrected chi connectivity index (χ4v) is 3.04. The van der Waals surface area contributed by atoms with Crippen LogP contribution >= 0.6 is 0 Å². The van der Waals surface area contributed by atoms with Crippen LogP contribution in [0.3, 0.4) is 0 Å². The molecule has 0 spiro atoms. The summed E-state index contributed by atoms with van der Waals surface area (Å²) >= 11 is 0. The van der Waals surface area contributed by atoms with E-state index in [0.717, 1.165) is 10.8 Å². The summed E-state index contributed by atoms with van der Waals surface area (Å²) in [5, 5.41) is 3.02. The molecule has 0 fully saturated rings. The number of benzene rings is 3. The van der Waals surface area contributed by atoms with E-state index < -0.39 is 0 Å². The van der Waals surface area contributed by atoms with Gasteiger partial charge in [-0.3, -0.25) is 4.79 Å². The summed E-state index contributed by atoms with van der Waals surface area (Å²) in [4.78, 5) is 12.9. The van der Waals surface area contributed by atoms with Crippen molar-refractivity contribution in [3.05, 3.63) is 58.8 Å². The Morgan fingerprint density at radius 1 is 0.864 bits per heavy atom. The van der Waals surface area contributed by atoms with Crippen molar-refractivity contribution in [1.82, 2.24) is 0 Å². The maximum Gasteiger partial charge on any atom is 0.231 e. The van der Waals surface area contributed by atoms with Gasteiger partial charge < -0.3 is 13.9 Å². The highest BCUT2D eigenvalue weighted by Crippen LogP contribution is 2.39. The smallest absolute Gasteiger partial charge is 0.231 e. The largest absolute Gasteiger partial charge is 0.453 e. The van der Waals surface area contributed by atoms with Crippen molar-refractivity contribution < 1.29 is 13.9 Å². The molecule has 3 aromatic carbocycles. The first kappa shape index (κ1) is 11.6. The van der Waals surface area contributed by atoms with E-state index in [0.29, 0.717) is 33.4 Å². The van der Waals surface area contributed by atoms with Gasteiger partial charge in [-0.25, -0.2) is 0 Å². The molecular formula is C18H10O4. The van der Waals surface area contributed by atoms with E-state index in [-0.39, 0.29) is 12.2 Å². The van der Waals surface area contributed by atoms with Crippen molar-refractivity contribution in [2.45, 2.75) is 0 Å². The van der Waals surface area contributed by atoms with Crippen LogP contribution in [0.25, 0.3) is 32.7 Å². The maximum atomic E-state index is 12.9. The third-order valence-corrected chi connectivity index (χ3v) is 4.07. The molecule has 0 radical (unpaired) electrons. The molecule has 2 heterocycles. The molecule has 0 saturated heterocycles. The predicted molar refractivity (Wildman–Crippen MR) is 83.6 cm³/mol. The van der Waals surface area contributed by atoms with Gasteiger partial charge in [0.15, 0.2) is 11.3 Å². The number of fused-ring (bicyclic) bond motifs is 6. The molecule has 0 atom stereocenters. The number of rotatable bonds is 0. The molecule has 106 valence electrons. The fraction of sp³-hybridized carbons (Fsp3) is 0.0556. The van der Waals surface area contributed by atoms with E-state index in [1.54, 1.807) is 12.1 Å². The van der Waals surface area contributed by atoms with Crippen LogP contribution in [0.1, 0.15) is 0 Å². The van der Waals surface area contributed by atoms with Crippen LogP contribution in [0.4, 0.5) is 0 Å². The molecule has 4 aromatic rings. The van der Waals surface area contributed by atoms with Crippen molar-refractivity contribution in [3.63, 3.8) is 0 Å². The van der Waals surface area contributed by atoms with Gasteiger partial charge in [0.05, 0.1) is 10.8 Å². The molecule has 4 heteroatoms. The fourth-order valence-electron chi connectivity index (χ4n) is 3.04. The van der Waals surface area contributed by atoms with E-state index >= 15 is 0 Å². The van der Waals surface area contributed by atoms with E-state index in [1.165, 1.54) is 0 Å². The summed E-state index contributed by atoms with van der Waals surface area (Å²) in [6.07, 6.45) is 0. The van der Waals surface area contributed by atoms with Crippen LogP contribution in [0.15, 0.2) is 57.7 Å². The first-order valence-electron chi connectivity index (χ1n) is 7.00. The number of hydrogen-bond acceptors (Lipinski definition) is 4. The second-order valence-electron chi connectivity index (χ2n) is 5.27. The lowest BCUT2D eigenvalue weighted by Crippen LogP contribution is -2.03. The molecular weight excluding hydrogens is 280 g/mol. The van der Waals surface area contributed by atoms with E-state index in [1.807, 2.05) is 36.4 Å². The zero-order valence-corrected chi connectivity index (χ0v) is 11.5. The lowest BCUT2D eigenvalue weighted by molar-refractivity contribution is 0.174. The lowest BCUT2D eigenvalue weighted by atomic mass is 10.0. The SMILES string of the molecule is O=c1c2ccc3c(c2oc2ccc4ccccc4c12)OCO3. The van der Waals surface area contributed by atoms with E-state index in [9.17, 15) is 4.79 Å². The van der Waals surface area contributed by atoms with E-state index in [2.05, 4.69) is 0 Å². The molecule has 0 bridgehead atoms. The summed E-state index contributed by atoms with van der Waals surface area (Å²) in [7, 11) is 0. The van der Waals surface area contributed by atoms with Gasteiger partial charge in [0.2, 0.25) is 18.0 Å². The Bertz CT molecular complexity index is 1120. The predicted octanol–water partition coefficient (Wildman–Crippen LogP) is 3.83. The maximum absolute atomic E-state index is 12.9. The highest BCUT2D eigenvalue weighted by Gasteiger charge is 2.21. The summed E-state index contributed by atoms with van der Waals surface area (Å²) in [6.45, 7) is 0.147. The van der Waals surface area contributed by atoms with Crippen LogP contribution < -0.4 is 14.9 Å². The summed E-state index contributed by atoms with van der Waals surface area (Å²) < 4.78 is 16.8. The molecule has 0 unspecified atom stereocenters. The van der Waals surface area contributed by atoms with E-state index in [4.69, 9.17) is 13.9 Å². The molecule has 1 aliphatic heterocycles. The zero-order valence-electron chi connectivity index (χ0n) is 11.5. The average molecular weight is 290 g/mol. The zero-order chi connectivity index (χ0) is 14.7. The Morgan fingerprint density at radius 2 is 1.77 bits per heavy atom. The average Bonchev–Trinajstić information content (AvgIpc) is 3.03. The Balaban J connectivity index is 2.05. The van der Waals surface area contributed by atoms with Gasteiger partial charge in [-0.1, -0.05) is 30.3 Å². The van der Waals surface area contributed by atoms with Crippen molar-refractivity contribution >= 4 is 32.7 Å². The Hall–Kier alpha value is -3.01. The Labute approximate surface area is 124 Å². The minimum atomic E-state index is -0.0497. The minimum absolute atomic E-state index is 0.0497. The van der Waals surface area contributed by atoms with Gasteiger partial charge in [0.1, 0.15) is 5.58 Å². The highest BCUT2D eigenvalue weighted by atomic mass is 16.7. The number of ether oxygens (including phenoxy) is 2. The normalized spacial score (nSPS) is 13.3. The molecule has 1 aliphatic rings. The third-order valence-electron chi connectivity index (χ3n) is 4.07. The first-order valence-corrected chi connectivity index (χ1v) is 7.00. The number of hydrogen-bond donors (Lipinski definition) is 0. The molecule has 0 amide bonds. The van der Waals surface area contributed by atoms with Crippen molar-refractivity contribution in [1.29, 1.82) is 0 Å². The third kappa shape index (κ3) is 1.39. The minimum Gasteiger partial charge on any atom is -0.453 e. The van der Waals surface area contributed by atoms with Gasteiger partial charge in [-0.2, -0.15) is 0 Å². The van der Waals surface area contributed by atoms with Crippen LogP contribution in [-0.4, -0.2) is 6.79 Å². The Kier molecular flexibility index (Phi) is 2.12. The standard InChI is InChI=1S/C18H10O4/c19-16-12-6-8-14-18(21-9-20-14)17(12)22-13-7-5-10-3-1-2-4-11(10)15(13)16/h1-8H,9H2. The molecule has 1 aromatic heterocycles.